The number of nitrogens with one attached hydrogen (secondary N) is 1. The van der Waals surface area contributed by atoms with Crippen LogP contribution in [0.5, 0.6) is 0 Å². The molecule has 7 heteroatoms. The number of aliphatic imine (C=N–C) groups is 1. The molecule has 0 aliphatic carbocycles. The van der Waals surface area contributed by atoms with Crippen LogP contribution in [0.25, 0.3) is 0 Å². The third-order valence-electron chi connectivity index (χ3n) is 4.56. The molecule has 0 saturated heterocycles. The van der Waals surface area contributed by atoms with Crippen molar-refractivity contribution >= 4 is 29.9 Å². The second-order valence-corrected chi connectivity index (χ2v) is 6.61. The lowest BCUT2D eigenvalue weighted by Gasteiger charge is -2.22. The summed E-state index contributed by atoms with van der Waals surface area (Å²) in [6.07, 6.45) is 5.86. The number of halogens is 1. The largest absolute Gasteiger partial charge is 0.357 e. The summed E-state index contributed by atoms with van der Waals surface area (Å²) < 4.78 is 4.08. The summed E-state index contributed by atoms with van der Waals surface area (Å²) in [6.45, 7) is 5.14. The quantitative estimate of drug-likeness (QED) is 0.312. The molecule has 0 aliphatic heterocycles. The van der Waals surface area contributed by atoms with Gasteiger partial charge in [-0.1, -0.05) is 24.3 Å². The van der Waals surface area contributed by atoms with E-state index in [0.29, 0.717) is 6.54 Å². The molecule has 2 aromatic heterocycles. The average Bonchev–Trinajstić information content (AvgIpc) is 3.32. The van der Waals surface area contributed by atoms with Gasteiger partial charge in [0, 0.05) is 44.9 Å². The summed E-state index contributed by atoms with van der Waals surface area (Å²) in [6, 6.07) is 14.6. The van der Waals surface area contributed by atoms with Crippen LogP contribution in [0.4, 0.5) is 0 Å². The van der Waals surface area contributed by atoms with Gasteiger partial charge in [0.2, 0.25) is 0 Å². The first-order valence-electron chi connectivity index (χ1n) is 9.31. The molecular formula is C21H29IN6. The topological polar surface area (TPSA) is 50.4 Å². The first-order chi connectivity index (χ1) is 13.2. The Morgan fingerprint density at radius 1 is 1.11 bits per heavy atom. The van der Waals surface area contributed by atoms with Crippen molar-refractivity contribution in [3.8, 4) is 0 Å². The zero-order valence-corrected chi connectivity index (χ0v) is 19.1. The molecule has 0 fully saturated rings. The van der Waals surface area contributed by atoms with Crippen LogP contribution in [-0.4, -0.2) is 38.8 Å². The molecule has 0 unspecified atom stereocenters. The van der Waals surface area contributed by atoms with Crippen molar-refractivity contribution in [1.29, 1.82) is 0 Å². The van der Waals surface area contributed by atoms with E-state index in [1.54, 1.807) is 0 Å². The van der Waals surface area contributed by atoms with Gasteiger partial charge in [-0.15, -0.1) is 24.0 Å². The Morgan fingerprint density at radius 3 is 2.54 bits per heavy atom. The van der Waals surface area contributed by atoms with Gasteiger partial charge in [0.25, 0.3) is 0 Å². The summed E-state index contributed by atoms with van der Waals surface area (Å²) in [7, 11) is 4.14. The average molecular weight is 492 g/mol. The van der Waals surface area contributed by atoms with Crippen molar-refractivity contribution in [2.75, 3.05) is 13.6 Å². The molecule has 0 radical (unpaired) electrons. The van der Waals surface area contributed by atoms with Gasteiger partial charge in [-0.3, -0.25) is 4.68 Å². The van der Waals surface area contributed by atoms with Crippen molar-refractivity contribution < 1.29 is 0 Å². The molecule has 28 heavy (non-hydrogen) atoms. The fraction of sp³-hybridized carbons (Fsp3) is 0.333. The van der Waals surface area contributed by atoms with E-state index < -0.39 is 0 Å². The zero-order chi connectivity index (χ0) is 19.1. The highest BCUT2D eigenvalue weighted by atomic mass is 127. The molecule has 0 amide bonds. The number of hydrogen-bond donors (Lipinski definition) is 1. The Kier molecular flexibility index (Phi) is 8.56. The molecule has 2 heterocycles. The predicted molar refractivity (Wildman–Crippen MR) is 125 cm³/mol. The van der Waals surface area contributed by atoms with Gasteiger partial charge in [0.05, 0.1) is 19.6 Å². The van der Waals surface area contributed by atoms with E-state index in [9.17, 15) is 0 Å². The van der Waals surface area contributed by atoms with Crippen molar-refractivity contribution in [2.45, 2.75) is 26.6 Å². The summed E-state index contributed by atoms with van der Waals surface area (Å²) in [5, 5.41) is 7.71. The van der Waals surface area contributed by atoms with Crippen LogP contribution in [0.15, 0.2) is 66.0 Å². The van der Waals surface area contributed by atoms with Crippen molar-refractivity contribution in [1.82, 2.24) is 24.6 Å². The molecule has 0 aliphatic rings. The Balaban J connectivity index is 0.00000280. The number of aromatic nitrogens is 3. The number of aryl methyl sites for hydroxylation is 1. The lowest BCUT2D eigenvalue weighted by Crippen LogP contribution is -2.38. The third kappa shape index (κ3) is 5.85. The van der Waals surface area contributed by atoms with Crippen molar-refractivity contribution in [3.63, 3.8) is 0 Å². The molecule has 6 nitrogen and oxygen atoms in total. The molecule has 0 saturated carbocycles. The third-order valence-corrected chi connectivity index (χ3v) is 4.56. The molecule has 3 rings (SSSR count). The van der Waals surface area contributed by atoms with Crippen LogP contribution in [0.1, 0.15) is 23.7 Å². The van der Waals surface area contributed by atoms with E-state index in [-0.39, 0.29) is 24.0 Å². The zero-order valence-electron chi connectivity index (χ0n) is 16.7. The van der Waals surface area contributed by atoms with E-state index >= 15 is 0 Å². The van der Waals surface area contributed by atoms with Crippen molar-refractivity contribution in [3.05, 3.63) is 77.9 Å². The van der Waals surface area contributed by atoms with E-state index in [1.807, 2.05) is 23.1 Å². The molecule has 0 atom stereocenters. The normalized spacial score (nSPS) is 11.2. The Hall–Kier alpha value is -2.29. The molecule has 150 valence electrons. The van der Waals surface area contributed by atoms with E-state index in [2.05, 4.69) is 83.5 Å². The van der Waals surface area contributed by atoms with Crippen LogP contribution >= 0.6 is 24.0 Å². The van der Waals surface area contributed by atoms with Gasteiger partial charge in [-0.2, -0.15) is 5.10 Å². The number of guanidine groups is 1. The van der Waals surface area contributed by atoms with Gasteiger partial charge in [0.1, 0.15) is 0 Å². The standard InChI is InChI=1S/C21H28N6.HI/c1-4-22-21(26(3)17-20-11-7-13-25(20)2)23-15-18-9-5-6-10-19(18)16-27-14-8-12-24-27;/h5-14H,4,15-17H2,1-3H3,(H,22,23);1H. The highest BCUT2D eigenvalue weighted by Gasteiger charge is 2.09. The van der Waals surface area contributed by atoms with Gasteiger partial charge in [0.15, 0.2) is 5.96 Å². The summed E-state index contributed by atoms with van der Waals surface area (Å²) in [5.41, 5.74) is 3.71. The van der Waals surface area contributed by atoms with Gasteiger partial charge >= 0.3 is 0 Å². The molecule has 1 aromatic carbocycles. The summed E-state index contributed by atoms with van der Waals surface area (Å²) >= 11 is 0. The van der Waals surface area contributed by atoms with Crippen molar-refractivity contribution in [2.24, 2.45) is 12.0 Å². The van der Waals surface area contributed by atoms with Crippen LogP contribution in [-0.2, 0) is 26.7 Å². The lowest BCUT2D eigenvalue weighted by molar-refractivity contribution is 0.462. The number of rotatable bonds is 7. The Bertz CT molecular complexity index is 869. The number of benzene rings is 1. The maximum Gasteiger partial charge on any atom is 0.194 e. The summed E-state index contributed by atoms with van der Waals surface area (Å²) in [5.74, 6) is 0.910. The monoisotopic (exact) mass is 492 g/mol. The van der Waals surface area contributed by atoms with Crippen LogP contribution < -0.4 is 5.32 Å². The lowest BCUT2D eigenvalue weighted by atomic mass is 10.1. The fourth-order valence-electron chi connectivity index (χ4n) is 3.04. The second kappa shape index (κ2) is 10.9. The SMILES string of the molecule is CCNC(=NCc1ccccc1Cn1cccn1)N(C)Cc1cccn1C.I. The first-order valence-corrected chi connectivity index (χ1v) is 9.31. The predicted octanol–water partition coefficient (Wildman–Crippen LogP) is 3.49. The minimum atomic E-state index is 0. The van der Waals surface area contributed by atoms with Gasteiger partial charge < -0.3 is 14.8 Å². The van der Waals surface area contributed by atoms with Crippen LogP contribution in [0.3, 0.4) is 0 Å². The number of nitrogens with zero attached hydrogens (tertiary/aromatic N) is 5. The van der Waals surface area contributed by atoms with E-state index in [0.717, 1.165) is 25.6 Å². The van der Waals surface area contributed by atoms with Gasteiger partial charge in [-0.05, 0) is 36.2 Å². The molecule has 1 N–H and O–H groups in total. The Morgan fingerprint density at radius 2 is 1.89 bits per heavy atom. The minimum absolute atomic E-state index is 0. The van der Waals surface area contributed by atoms with Crippen LogP contribution in [0.2, 0.25) is 0 Å². The molecule has 0 spiro atoms. The molecule has 3 aromatic rings. The van der Waals surface area contributed by atoms with Gasteiger partial charge in [-0.25, -0.2) is 4.99 Å². The van der Waals surface area contributed by atoms with E-state index in [1.165, 1.54) is 16.8 Å². The van der Waals surface area contributed by atoms with E-state index in [4.69, 9.17) is 4.99 Å². The first kappa shape index (κ1) is 22.0. The highest BCUT2D eigenvalue weighted by molar-refractivity contribution is 14.0. The fourth-order valence-corrected chi connectivity index (χ4v) is 3.04. The summed E-state index contributed by atoms with van der Waals surface area (Å²) in [4.78, 5) is 7.04. The minimum Gasteiger partial charge on any atom is -0.357 e. The maximum absolute atomic E-state index is 4.88. The second-order valence-electron chi connectivity index (χ2n) is 6.61. The highest BCUT2D eigenvalue weighted by Crippen LogP contribution is 2.12. The smallest absolute Gasteiger partial charge is 0.194 e. The Labute approximate surface area is 184 Å². The van der Waals surface area contributed by atoms with Crippen LogP contribution in [0, 0.1) is 0 Å². The molecular weight excluding hydrogens is 463 g/mol. The molecule has 0 bridgehead atoms. The number of hydrogen-bond acceptors (Lipinski definition) is 2. The maximum atomic E-state index is 4.88.